The molecular weight excluding hydrogens is 260 g/mol. The predicted octanol–water partition coefficient (Wildman–Crippen LogP) is 0.0555. The molecule has 110 valence electrons. The minimum absolute atomic E-state index is 0.225. The first-order chi connectivity index (χ1) is 9.56. The topological polar surface area (TPSA) is 92.9 Å². The van der Waals surface area contributed by atoms with Crippen LogP contribution < -0.4 is 11.2 Å². The largest absolute Gasteiger partial charge is 0.396 e. The highest BCUT2D eigenvalue weighted by Crippen LogP contribution is 2.08. The summed E-state index contributed by atoms with van der Waals surface area (Å²) in [6, 6.07) is 0. The molecule has 0 aliphatic rings. The fraction of sp³-hybridized carbons (Fsp3) is 0.615. The lowest BCUT2D eigenvalue weighted by molar-refractivity contribution is 0.282. The first-order valence-electron chi connectivity index (χ1n) is 6.81. The van der Waals surface area contributed by atoms with E-state index in [-0.39, 0.29) is 17.9 Å². The van der Waals surface area contributed by atoms with Gasteiger partial charge in [0.25, 0.3) is 5.56 Å². The maximum absolute atomic E-state index is 12.0. The molecule has 0 aromatic carbocycles. The van der Waals surface area contributed by atoms with Crippen LogP contribution in [0.3, 0.4) is 0 Å². The normalized spacial score (nSPS) is 11.3. The Balaban J connectivity index is 2.22. The summed E-state index contributed by atoms with van der Waals surface area (Å²) in [5.41, 5.74) is 0.0639. The highest BCUT2D eigenvalue weighted by atomic mass is 16.3. The van der Waals surface area contributed by atoms with E-state index in [0.717, 1.165) is 42.5 Å². The smallest absolute Gasteiger partial charge is 0.332 e. The van der Waals surface area contributed by atoms with Gasteiger partial charge < -0.3 is 10.1 Å². The van der Waals surface area contributed by atoms with Crippen molar-refractivity contribution in [3.05, 3.63) is 26.7 Å². The molecule has 0 atom stereocenters. The lowest BCUT2D eigenvalue weighted by atomic mass is 10.1. The van der Waals surface area contributed by atoms with Gasteiger partial charge in [0.05, 0.1) is 0 Å². The van der Waals surface area contributed by atoms with E-state index < -0.39 is 0 Å². The lowest BCUT2D eigenvalue weighted by Gasteiger charge is -2.00. The molecule has 0 amide bonds. The molecule has 0 radical (unpaired) electrons. The summed E-state index contributed by atoms with van der Waals surface area (Å²) in [4.78, 5) is 31.1. The van der Waals surface area contributed by atoms with Gasteiger partial charge in [-0.2, -0.15) is 0 Å². The van der Waals surface area contributed by atoms with Crippen molar-refractivity contribution < 1.29 is 5.11 Å². The second kappa shape index (κ2) is 6.04. The molecule has 2 aromatic heterocycles. The van der Waals surface area contributed by atoms with Crippen molar-refractivity contribution in [1.82, 2.24) is 19.1 Å². The minimum Gasteiger partial charge on any atom is -0.396 e. The molecule has 2 aromatic rings. The molecule has 0 spiro atoms. The number of aromatic nitrogens is 4. The molecule has 0 unspecified atom stereocenters. The number of hydrogen-bond acceptors (Lipinski definition) is 4. The van der Waals surface area contributed by atoms with Crippen molar-refractivity contribution in [2.24, 2.45) is 14.1 Å². The van der Waals surface area contributed by atoms with Gasteiger partial charge in [0, 0.05) is 27.1 Å². The molecule has 2 heterocycles. The van der Waals surface area contributed by atoms with E-state index in [1.54, 1.807) is 7.05 Å². The van der Waals surface area contributed by atoms with Gasteiger partial charge in [-0.15, -0.1) is 0 Å². The number of nitrogens with zero attached hydrogens (tertiary/aromatic N) is 3. The number of aliphatic hydroxyl groups excluding tert-OH is 1. The van der Waals surface area contributed by atoms with E-state index in [2.05, 4.69) is 9.97 Å². The summed E-state index contributed by atoms with van der Waals surface area (Å²) >= 11 is 0. The summed E-state index contributed by atoms with van der Waals surface area (Å²) in [5, 5.41) is 8.70. The molecule has 7 heteroatoms. The van der Waals surface area contributed by atoms with Crippen molar-refractivity contribution in [3.63, 3.8) is 0 Å². The highest BCUT2D eigenvalue weighted by molar-refractivity contribution is 5.69. The molecule has 0 bridgehead atoms. The van der Waals surface area contributed by atoms with Crippen LogP contribution in [-0.2, 0) is 20.5 Å². The van der Waals surface area contributed by atoms with Crippen LogP contribution in [0.4, 0.5) is 0 Å². The van der Waals surface area contributed by atoms with Gasteiger partial charge in [-0.1, -0.05) is 12.8 Å². The number of imidazole rings is 1. The SMILES string of the molecule is Cn1c(=O)c2[nH]c(CCCCCCO)nc2n(C)c1=O. The van der Waals surface area contributed by atoms with Crippen LogP contribution in [0.2, 0.25) is 0 Å². The van der Waals surface area contributed by atoms with Crippen molar-refractivity contribution in [3.8, 4) is 0 Å². The molecule has 20 heavy (non-hydrogen) atoms. The molecule has 2 N–H and O–H groups in total. The number of aryl methyl sites for hydroxylation is 2. The fourth-order valence-corrected chi connectivity index (χ4v) is 2.25. The molecule has 0 aliphatic heterocycles. The Labute approximate surface area is 115 Å². The number of hydrogen-bond donors (Lipinski definition) is 2. The van der Waals surface area contributed by atoms with Gasteiger partial charge in [-0.3, -0.25) is 13.9 Å². The average Bonchev–Trinajstić information content (AvgIpc) is 2.87. The first kappa shape index (κ1) is 14.5. The van der Waals surface area contributed by atoms with E-state index in [9.17, 15) is 9.59 Å². The van der Waals surface area contributed by atoms with Gasteiger partial charge in [-0.05, 0) is 12.8 Å². The maximum Gasteiger partial charge on any atom is 0.332 e. The van der Waals surface area contributed by atoms with Crippen molar-refractivity contribution in [1.29, 1.82) is 0 Å². The van der Waals surface area contributed by atoms with Crippen LogP contribution >= 0.6 is 0 Å². The van der Waals surface area contributed by atoms with Gasteiger partial charge in [0.2, 0.25) is 0 Å². The van der Waals surface area contributed by atoms with Crippen LogP contribution in [-0.4, -0.2) is 30.8 Å². The Hall–Kier alpha value is -1.89. The number of aromatic amines is 1. The third-order valence-electron chi connectivity index (χ3n) is 3.47. The molecule has 7 nitrogen and oxygen atoms in total. The standard InChI is InChI=1S/C13H20N4O3/c1-16-11-10(12(19)17(2)13(16)20)14-9(15-11)7-5-3-4-6-8-18/h18H,3-8H2,1-2H3,(H,14,15). The number of fused-ring (bicyclic) bond motifs is 1. The van der Waals surface area contributed by atoms with Crippen LogP contribution in [0, 0.1) is 0 Å². The van der Waals surface area contributed by atoms with E-state index in [1.807, 2.05) is 0 Å². The predicted molar refractivity (Wildman–Crippen MR) is 75.8 cm³/mol. The molecule has 0 saturated carbocycles. The van der Waals surface area contributed by atoms with Crippen LogP contribution in [0.1, 0.15) is 31.5 Å². The number of aliphatic hydroxyl groups is 1. The summed E-state index contributed by atoms with van der Waals surface area (Å²) in [6.07, 6.45) is 4.48. The number of unbranched alkanes of at least 4 members (excludes halogenated alkanes) is 3. The Kier molecular flexibility index (Phi) is 4.39. The maximum atomic E-state index is 12.0. The van der Waals surface area contributed by atoms with Gasteiger partial charge in [0.1, 0.15) is 11.3 Å². The van der Waals surface area contributed by atoms with E-state index in [0.29, 0.717) is 11.2 Å². The molecule has 2 rings (SSSR count). The Bertz CT molecular complexity index is 711. The zero-order valence-electron chi connectivity index (χ0n) is 11.8. The van der Waals surface area contributed by atoms with E-state index in [4.69, 9.17) is 5.11 Å². The minimum atomic E-state index is -0.372. The van der Waals surface area contributed by atoms with Gasteiger partial charge in [0.15, 0.2) is 5.65 Å². The van der Waals surface area contributed by atoms with Crippen LogP contribution in [0.15, 0.2) is 9.59 Å². The van der Waals surface area contributed by atoms with E-state index >= 15 is 0 Å². The zero-order chi connectivity index (χ0) is 14.7. The number of H-pyrrole nitrogens is 1. The lowest BCUT2D eigenvalue weighted by Crippen LogP contribution is -2.36. The monoisotopic (exact) mass is 280 g/mol. The highest BCUT2D eigenvalue weighted by Gasteiger charge is 2.12. The third-order valence-corrected chi connectivity index (χ3v) is 3.47. The number of nitrogens with one attached hydrogen (secondary N) is 1. The second-order valence-electron chi connectivity index (χ2n) is 4.98. The Morgan fingerprint density at radius 3 is 2.50 bits per heavy atom. The fourth-order valence-electron chi connectivity index (χ4n) is 2.25. The van der Waals surface area contributed by atoms with E-state index in [1.165, 1.54) is 11.6 Å². The van der Waals surface area contributed by atoms with Gasteiger partial charge >= 0.3 is 5.69 Å². The summed E-state index contributed by atoms with van der Waals surface area (Å²) in [6.45, 7) is 0.225. The molecular formula is C13H20N4O3. The number of rotatable bonds is 6. The second-order valence-corrected chi connectivity index (χ2v) is 4.98. The Morgan fingerprint density at radius 1 is 1.10 bits per heavy atom. The third kappa shape index (κ3) is 2.67. The summed E-state index contributed by atoms with van der Waals surface area (Å²) in [7, 11) is 3.06. The van der Waals surface area contributed by atoms with Gasteiger partial charge in [-0.25, -0.2) is 9.78 Å². The Morgan fingerprint density at radius 2 is 1.80 bits per heavy atom. The van der Waals surface area contributed by atoms with Crippen molar-refractivity contribution in [2.75, 3.05) is 6.61 Å². The van der Waals surface area contributed by atoms with Crippen LogP contribution in [0.5, 0.6) is 0 Å². The molecule has 0 saturated heterocycles. The summed E-state index contributed by atoms with van der Waals surface area (Å²) < 4.78 is 2.45. The zero-order valence-corrected chi connectivity index (χ0v) is 11.8. The quantitative estimate of drug-likeness (QED) is 0.731. The van der Waals surface area contributed by atoms with Crippen molar-refractivity contribution >= 4 is 11.2 Å². The molecule has 0 aliphatic carbocycles. The van der Waals surface area contributed by atoms with Crippen molar-refractivity contribution in [2.45, 2.75) is 32.1 Å². The summed E-state index contributed by atoms with van der Waals surface area (Å²) in [5.74, 6) is 0.724. The first-order valence-corrected chi connectivity index (χ1v) is 6.81. The average molecular weight is 280 g/mol. The molecule has 0 fully saturated rings. The van der Waals surface area contributed by atoms with Crippen LogP contribution in [0.25, 0.3) is 11.2 Å².